The first-order valence-electron chi connectivity index (χ1n) is 4.27. The molecule has 12 heavy (non-hydrogen) atoms. The zero-order valence-corrected chi connectivity index (χ0v) is 8.87. The number of nitrogens with zero attached hydrogens (tertiary/aromatic N) is 1. The Balaban J connectivity index is 1.91. The van der Waals surface area contributed by atoms with Gasteiger partial charge in [-0.15, -0.1) is 0 Å². The molecule has 1 aliphatic heterocycles. The molecule has 1 heterocycles. The summed E-state index contributed by atoms with van der Waals surface area (Å²) < 4.78 is 8.36. The van der Waals surface area contributed by atoms with Crippen LogP contribution < -0.4 is 4.72 Å². The lowest BCUT2D eigenvalue weighted by Gasteiger charge is -2.26. The molecule has 1 fully saturated rings. The van der Waals surface area contributed by atoms with Gasteiger partial charge in [0.2, 0.25) is 0 Å². The van der Waals surface area contributed by atoms with E-state index in [0.717, 1.165) is 32.8 Å². The van der Waals surface area contributed by atoms with Crippen LogP contribution >= 0.6 is 22.6 Å². The molecule has 1 N–H and O–H groups in total. The van der Waals surface area contributed by atoms with Crippen LogP contribution in [0.4, 0.5) is 0 Å². The molecule has 0 saturated carbocycles. The van der Waals surface area contributed by atoms with E-state index in [1.165, 1.54) is 23.9 Å². The van der Waals surface area contributed by atoms with Gasteiger partial charge >= 0.3 is 0 Å². The van der Waals surface area contributed by atoms with Crippen LogP contribution in [-0.2, 0) is 4.74 Å². The number of nitrogens with one attached hydrogen (secondary N) is 1. The molecule has 5 heteroatoms. The molecule has 1 saturated heterocycles. The predicted molar refractivity (Wildman–Crippen MR) is 56.5 cm³/mol. The van der Waals surface area contributed by atoms with Gasteiger partial charge in [-0.1, -0.05) is 11.7 Å². The van der Waals surface area contributed by atoms with E-state index in [0.29, 0.717) is 0 Å². The summed E-state index contributed by atoms with van der Waals surface area (Å²) in [4.78, 5) is 2.44. The Kier molecular flexibility index (Phi) is 6.24. The summed E-state index contributed by atoms with van der Waals surface area (Å²) >= 11 is 3.99. The molecular weight excluding hydrogens is 192 g/mol. The maximum atomic E-state index is 5.25. The lowest BCUT2D eigenvalue weighted by Crippen LogP contribution is -2.37. The van der Waals surface area contributed by atoms with Crippen molar-refractivity contribution in [3.05, 3.63) is 0 Å². The van der Waals surface area contributed by atoms with Gasteiger partial charge in [-0.3, -0.25) is 9.62 Å². The highest BCUT2D eigenvalue weighted by Crippen LogP contribution is 1.99. The third-order valence-electron chi connectivity index (χ3n) is 1.92. The van der Waals surface area contributed by atoms with Crippen LogP contribution in [0.15, 0.2) is 0 Å². The molecule has 0 aromatic carbocycles. The van der Waals surface area contributed by atoms with Gasteiger partial charge in [-0.25, -0.2) is 0 Å². The number of hydrogen-bond acceptors (Lipinski definition) is 5. The minimum absolute atomic E-state index is 0.898. The molecule has 0 radical (unpaired) electrons. The van der Waals surface area contributed by atoms with Crippen LogP contribution in [0.2, 0.25) is 0 Å². The molecule has 72 valence electrons. The molecule has 0 spiro atoms. The van der Waals surface area contributed by atoms with Gasteiger partial charge in [0.25, 0.3) is 0 Å². The van der Waals surface area contributed by atoms with Crippen molar-refractivity contribution in [2.45, 2.75) is 6.42 Å². The van der Waals surface area contributed by atoms with Gasteiger partial charge < -0.3 is 4.74 Å². The summed E-state index contributed by atoms with van der Waals surface area (Å²) in [6.45, 7) is 6.18. The first kappa shape index (κ1) is 10.7. The average molecular weight is 208 g/mol. The van der Waals surface area contributed by atoms with Crippen LogP contribution in [-0.4, -0.2) is 44.3 Å². The molecule has 0 aromatic heterocycles. The highest BCUT2D eigenvalue weighted by atomic mass is 33.1. The summed E-state index contributed by atoms with van der Waals surface area (Å²) in [7, 11) is 1.39. The van der Waals surface area contributed by atoms with Gasteiger partial charge in [0.1, 0.15) is 0 Å². The number of thiol groups is 1. The van der Waals surface area contributed by atoms with E-state index in [2.05, 4.69) is 21.3 Å². The quantitative estimate of drug-likeness (QED) is 0.302. The summed E-state index contributed by atoms with van der Waals surface area (Å²) in [5.74, 6) is 0. The third-order valence-corrected chi connectivity index (χ3v) is 2.64. The first-order valence-corrected chi connectivity index (χ1v) is 6.14. The van der Waals surface area contributed by atoms with Crippen LogP contribution in [0, 0.1) is 0 Å². The van der Waals surface area contributed by atoms with E-state index in [-0.39, 0.29) is 0 Å². The molecule has 0 bridgehead atoms. The average Bonchev–Trinajstić information content (AvgIpc) is 2.14. The van der Waals surface area contributed by atoms with E-state index in [1.807, 2.05) is 0 Å². The fraction of sp³-hybridized carbons (Fsp3) is 1.00. The van der Waals surface area contributed by atoms with Crippen molar-refractivity contribution in [1.29, 1.82) is 0 Å². The van der Waals surface area contributed by atoms with Crippen LogP contribution in [0.1, 0.15) is 6.42 Å². The Hall–Kier alpha value is 0.580. The minimum atomic E-state index is 0.898. The Labute approximate surface area is 83.2 Å². The molecule has 1 rings (SSSR count). The largest absolute Gasteiger partial charge is 0.379 e. The summed E-state index contributed by atoms with van der Waals surface area (Å²) in [5.41, 5.74) is 0. The Morgan fingerprint density at radius 3 is 2.83 bits per heavy atom. The van der Waals surface area contributed by atoms with Crippen molar-refractivity contribution in [1.82, 2.24) is 9.62 Å². The van der Waals surface area contributed by atoms with Gasteiger partial charge in [-0.2, -0.15) is 0 Å². The second kappa shape index (κ2) is 7.03. The minimum Gasteiger partial charge on any atom is -0.379 e. The van der Waals surface area contributed by atoms with Gasteiger partial charge in [0.15, 0.2) is 0 Å². The molecule has 0 amide bonds. The molecular formula is C7H16N2OS2. The van der Waals surface area contributed by atoms with E-state index in [1.54, 1.807) is 0 Å². The van der Waals surface area contributed by atoms with Crippen molar-refractivity contribution in [3.8, 4) is 0 Å². The number of morpholine rings is 1. The topological polar surface area (TPSA) is 24.5 Å². The predicted octanol–water partition coefficient (Wildman–Crippen LogP) is 0.791. The van der Waals surface area contributed by atoms with Crippen LogP contribution in [0.5, 0.6) is 0 Å². The summed E-state index contributed by atoms with van der Waals surface area (Å²) in [5, 5.41) is 0. The van der Waals surface area contributed by atoms with Crippen molar-refractivity contribution in [2.75, 3.05) is 39.4 Å². The molecule has 1 aliphatic rings. The smallest absolute Gasteiger partial charge is 0.0594 e. The lowest BCUT2D eigenvalue weighted by molar-refractivity contribution is 0.0376. The Bertz CT molecular complexity index is 110. The van der Waals surface area contributed by atoms with Crippen molar-refractivity contribution >= 4 is 22.6 Å². The highest BCUT2D eigenvalue weighted by molar-refractivity contribution is 8.67. The fourth-order valence-corrected chi connectivity index (χ4v) is 1.75. The monoisotopic (exact) mass is 208 g/mol. The fourth-order valence-electron chi connectivity index (χ4n) is 1.25. The van der Waals surface area contributed by atoms with Gasteiger partial charge in [-0.05, 0) is 23.9 Å². The standard InChI is InChI=1S/C7H16N2OS2/c11-12-8-2-1-3-9-4-6-10-7-5-9/h8,11H,1-7H2. The maximum Gasteiger partial charge on any atom is 0.0594 e. The number of ether oxygens (including phenoxy) is 1. The zero-order chi connectivity index (χ0) is 8.65. The van der Waals surface area contributed by atoms with Gasteiger partial charge in [0.05, 0.1) is 13.2 Å². The van der Waals surface area contributed by atoms with E-state index in [4.69, 9.17) is 4.74 Å². The van der Waals surface area contributed by atoms with Crippen molar-refractivity contribution < 1.29 is 4.74 Å². The second-order valence-electron chi connectivity index (χ2n) is 2.79. The zero-order valence-electron chi connectivity index (χ0n) is 7.16. The number of rotatable bonds is 5. The molecule has 0 unspecified atom stereocenters. The highest BCUT2D eigenvalue weighted by Gasteiger charge is 2.08. The van der Waals surface area contributed by atoms with Crippen molar-refractivity contribution in [2.24, 2.45) is 0 Å². The van der Waals surface area contributed by atoms with Crippen LogP contribution in [0.25, 0.3) is 0 Å². The molecule has 0 aromatic rings. The Morgan fingerprint density at radius 1 is 1.42 bits per heavy atom. The van der Waals surface area contributed by atoms with E-state index in [9.17, 15) is 0 Å². The van der Waals surface area contributed by atoms with E-state index < -0.39 is 0 Å². The second-order valence-corrected chi connectivity index (χ2v) is 3.81. The summed E-state index contributed by atoms with van der Waals surface area (Å²) in [6.07, 6.45) is 1.19. The third kappa shape index (κ3) is 4.57. The molecule has 0 atom stereocenters. The molecule has 0 aliphatic carbocycles. The maximum absolute atomic E-state index is 5.25. The van der Waals surface area contributed by atoms with Gasteiger partial charge in [0, 0.05) is 19.6 Å². The SMILES string of the molecule is SSNCCCN1CCOCC1. The first-order chi connectivity index (χ1) is 5.93. The summed E-state index contributed by atoms with van der Waals surface area (Å²) in [6, 6.07) is 0. The van der Waals surface area contributed by atoms with E-state index >= 15 is 0 Å². The lowest BCUT2D eigenvalue weighted by atomic mass is 10.3. The molecule has 3 nitrogen and oxygen atoms in total. The number of hydrogen-bond donors (Lipinski definition) is 2. The Morgan fingerprint density at radius 2 is 2.17 bits per heavy atom. The van der Waals surface area contributed by atoms with Crippen molar-refractivity contribution in [3.63, 3.8) is 0 Å². The van der Waals surface area contributed by atoms with Crippen LogP contribution in [0.3, 0.4) is 0 Å². The normalized spacial score (nSPS) is 19.8.